The second-order valence-electron chi connectivity index (χ2n) is 3.68. The molecule has 1 aliphatic rings. The van der Waals surface area contributed by atoms with Gasteiger partial charge in [-0.15, -0.1) is 0 Å². The van der Waals surface area contributed by atoms with E-state index in [0.717, 1.165) is 4.90 Å². The van der Waals surface area contributed by atoms with Crippen LogP contribution in [0.5, 0.6) is 0 Å². The van der Waals surface area contributed by atoms with Gasteiger partial charge in [0, 0.05) is 26.8 Å². The summed E-state index contributed by atoms with van der Waals surface area (Å²) in [7, 11) is 1.49. The van der Waals surface area contributed by atoms with Gasteiger partial charge >= 0.3 is 6.18 Å². The van der Waals surface area contributed by atoms with Crippen LogP contribution in [-0.4, -0.2) is 56.4 Å². The van der Waals surface area contributed by atoms with Crippen LogP contribution in [0.1, 0.15) is 6.42 Å². The molecule has 0 aromatic carbocycles. The molecular weight excluding hydrogens is 225 g/mol. The molecule has 1 saturated heterocycles. The van der Waals surface area contributed by atoms with Crippen molar-refractivity contribution in [3.05, 3.63) is 0 Å². The zero-order valence-electron chi connectivity index (χ0n) is 9.01. The number of hydrogen-bond donors (Lipinski definition) is 1. The SMILES string of the molecule is COCCCN1CC(=O)NCC1C(F)(F)F. The molecule has 16 heavy (non-hydrogen) atoms. The molecule has 1 unspecified atom stereocenters. The largest absolute Gasteiger partial charge is 0.405 e. The number of nitrogens with zero attached hydrogens (tertiary/aromatic N) is 1. The number of hydrogen-bond acceptors (Lipinski definition) is 3. The van der Waals surface area contributed by atoms with Crippen molar-refractivity contribution in [2.24, 2.45) is 0 Å². The number of methoxy groups -OCH3 is 1. The van der Waals surface area contributed by atoms with Gasteiger partial charge in [-0.05, 0) is 6.42 Å². The molecule has 1 rings (SSSR count). The fraction of sp³-hybridized carbons (Fsp3) is 0.889. The van der Waals surface area contributed by atoms with Crippen LogP contribution in [0.25, 0.3) is 0 Å². The molecule has 0 aliphatic carbocycles. The van der Waals surface area contributed by atoms with Gasteiger partial charge in [-0.2, -0.15) is 13.2 Å². The molecule has 1 heterocycles. The summed E-state index contributed by atoms with van der Waals surface area (Å²) in [5.74, 6) is -0.363. The van der Waals surface area contributed by atoms with Gasteiger partial charge in [0.2, 0.25) is 5.91 Å². The molecule has 0 bridgehead atoms. The van der Waals surface area contributed by atoms with E-state index in [1.807, 2.05) is 0 Å². The smallest absolute Gasteiger partial charge is 0.385 e. The lowest BCUT2D eigenvalue weighted by Gasteiger charge is -2.36. The van der Waals surface area contributed by atoms with Gasteiger partial charge in [0.1, 0.15) is 6.04 Å². The molecule has 94 valence electrons. The summed E-state index contributed by atoms with van der Waals surface area (Å²) >= 11 is 0. The fourth-order valence-electron chi connectivity index (χ4n) is 1.66. The van der Waals surface area contributed by atoms with Gasteiger partial charge in [0.25, 0.3) is 0 Å². The Morgan fingerprint density at radius 2 is 2.25 bits per heavy atom. The molecule has 0 aromatic heterocycles. The van der Waals surface area contributed by atoms with E-state index in [2.05, 4.69) is 5.32 Å². The Bertz CT molecular complexity index is 245. The second kappa shape index (κ2) is 5.49. The van der Waals surface area contributed by atoms with Gasteiger partial charge in [-0.1, -0.05) is 0 Å². The molecule has 0 spiro atoms. The first-order chi connectivity index (χ1) is 7.45. The van der Waals surface area contributed by atoms with Gasteiger partial charge in [-0.3, -0.25) is 9.69 Å². The first-order valence-electron chi connectivity index (χ1n) is 5.01. The van der Waals surface area contributed by atoms with E-state index in [1.165, 1.54) is 7.11 Å². The topological polar surface area (TPSA) is 41.6 Å². The third-order valence-corrected chi connectivity index (χ3v) is 2.45. The van der Waals surface area contributed by atoms with Crippen molar-refractivity contribution < 1.29 is 22.7 Å². The van der Waals surface area contributed by atoms with Crippen molar-refractivity contribution in [3.8, 4) is 0 Å². The normalized spacial score (nSPS) is 23.2. The lowest BCUT2D eigenvalue weighted by Crippen LogP contribution is -2.60. The Labute approximate surface area is 91.7 Å². The average molecular weight is 240 g/mol. The fourth-order valence-corrected chi connectivity index (χ4v) is 1.66. The van der Waals surface area contributed by atoms with E-state index in [0.29, 0.717) is 13.0 Å². The zero-order valence-corrected chi connectivity index (χ0v) is 9.01. The molecule has 1 N–H and O–H groups in total. The Morgan fingerprint density at radius 3 is 2.81 bits per heavy atom. The third-order valence-electron chi connectivity index (χ3n) is 2.45. The van der Waals surface area contributed by atoms with Gasteiger partial charge in [0.15, 0.2) is 0 Å². The van der Waals surface area contributed by atoms with Crippen molar-refractivity contribution in [3.63, 3.8) is 0 Å². The van der Waals surface area contributed by atoms with E-state index >= 15 is 0 Å². The highest BCUT2D eigenvalue weighted by atomic mass is 19.4. The standard InChI is InChI=1S/C9H15F3N2O2/c1-16-4-2-3-14-6-8(15)13-5-7(14)9(10,11)12/h7H,2-6H2,1H3,(H,13,15). The maximum Gasteiger partial charge on any atom is 0.405 e. The van der Waals surface area contributed by atoms with Gasteiger partial charge < -0.3 is 10.1 Å². The maximum absolute atomic E-state index is 12.6. The number of carbonyl (C=O) groups is 1. The Morgan fingerprint density at radius 1 is 1.56 bits per heavy atom. The molecule has 0 radical (unpaired) electrons. The number of rotatable bonds is 4. The molecule has 1 fully saturated rings. The van der Waals surface area contributed by atoms with Crippen LogP contribution in [-0.2, 0) is 9.53 Å². The van der Waals surface area contributed by atoms with Gasteiger partial charge in [-0.25, -0.2) is 0 Å². The van der Waals surface area contributed by atoms with Crippen LogP contribution in [0.2, 0.25) is 0 Å². The molecule has 7 heteroatoms. The van der Waals surface area contributed by atoms with Crippen LogP contribution in [0.15, 0.2) is 0 Å². The Hall–Kier alpha value is -0.820. The molecule has 1 amide bonds. The van der Waals surface area contributed by atoms with Crippen LogP contribution >= 0.6 is 0 Å². The molecule has 4 nitrogen and oxygen atoms in total. The maximum atomic E-state index is 12.6. The van der Waals surface area contributed by atoms with Crippen molar-refractivity contribution in [1.82, 2.24) is 10.2 Å². The minimum atomic E-state index is -4.30. The summed E-state index contributed by atoms with van der Waals surface area (Å²) in [6.07, 6.45) is -3.82. The van der Waals surface area contributed by atoms with Crippen LogP contribution in [0.4, 0.5) is 13.2 Å². The third kappa shape index (κ3) is 3.64. The van der Waals surface area contributed by atoms with Crippen LogP contribution in [0.3, 0.4) is 0 Å². The molecule has 0 aromatic rings. The second-order valence-corrected chi connectivity index (χ2v) is 3.68. The Balaban J connectivity index is 2.55. The minimum absolute atomic E-state index is 0.201. The highest BCUT2D eigenvalue weighted by Crippen LogP contribution is 2.25. The lowest BCUT2D eigenvalue weighted by molar-refractivity contribution is -0.189. The summed E-state index contributed by atoms with van der Waals surface area (Å²) in [5.41, 5.74) is 0. The number of carbonyl (C=O) groups excluding carboxylic acids is 1. The summed E-state index contributed by atoms with van der Waals surface area (Å²) in [6, 6.07) is -1.58. The monoisotopic (exact) mass is 240 g/mol. The van der Waals surface area contributed by atoms with Crippen molar-refractivity contribution in [1.29, 1.82) is 0 Å². The first kappa shape index (κ1) is 13.2. The molecule has 1 atom stereocenters. The van der Waals surface area contributed by atoms with Crippen molar-refractivity contribution >= 4 is 5.91 Å². The number of piperazine rings is 1. The molecule has 1 aliphatic heterocycles. The number of amides is 1. The highest BCUT2D eigenvalue weighted by Gasteiger charge is 2.45. The summed E-state index contributed by atoms with van der Waals surface area (Å²) in [6.45, 7) is 0.0390. The van der Waals surface area contributed by atoms with Crippen LogP contribution < -0.4 is 5.32 Å². The van der Waals surface area contributed by atoms with Crippen molar-refractivity contribution in [2.45, 2.75) is 18.6 Å². The number of ether oxygens (including phenoxy) is 1. The van der Waals surface area contributed by atoms with E-state index in [9.17, 15) is 18.0 Å². The van der Waals surface area contributed by atoms with Crippen molar-refractivity contribution in [2.75, 3.05) is 33.4 Å². The quantitative estimate of drug-likeness (QED) is 0.723. The van der Waals surface area contributed by atoms with Crippen LogP contribution in [0, 0.1) is 0 Å². The predicted molar refractivity (Wildman–Crippen MR) is 50.9 cm³/mol. The highest BCUT2D eigenvalue weighted by molar-refractivity contribution is 5.78. The summed E-state index contributed by atoms with van der Waals surface area (Å²) in [5, 5.41) is 2.23. The number of alkyl halides is 3. The summed E-state index contributed by atoms with van der Waals surface area (Å²) in [4.78, 5) is 12.2. The lowest BCUT2D eigenvalue weighted by atomic mass is 10.1. The zero-order chi connectivity index (χ0) is 12.2. The Kier molecular flexibility index (Phi) is 4.55. The summed E-state index contributed by atoms with van der Waals surface area (Å²) < 4.78 is 42.6. The van der Waals surface area contributed by atoms with E-state index < -0.39 is 12.2 Å². The van der Waals surface area contributed by atoms with E-state index in [4.69, 9.17) is 4.74 Å². The number of nitrogens with one attached hydrogen (secondary N) is 1. The molecular formula is C9H15F3N2O2. The van der Waals surface area contributed by atoms with E-state index in [1.54, 1.807) is 0 Å². The number of halogens is 3. The van der Waals surface area contributed by atoms with E-state index in [-0.39, 0.29) is 25.5 Å². The molecule has 0 saturated carbocycles. The van der Waals surface area contributed by atoms with Gasteiger partial charge in [0.05, 0.1) is 6.54 Å². The average Bonchev–Trinajstić information content (AvgIpc) is 2.16. The first-order valence-corrected chi connectivity index (χ1v) is 5.01. The minimum Gasteiger partial charge on any atom is -0.385 e. The predicted octanol–water partition coefficient (Wildman–Crippen LogP) is 0.386.